The Hall–Kier alpha value is 0.0900. The summed E-state index contributed by atoms with van der Waals surface area (Å²) >= 11 is 4.20. The van der Waals surface area contributed by atoms with Gasteiger partial charge in [0.1, 0.15) is 0 Å². The first-order valence-corrected chi connectivity index (χ1v) is 4.84. The molecule has 0 heterocycles. The van der Waals surface area contributed by atoms with Gasteiger partial charge in [0.2, 0.25) is 0 Å². The van der Waals surface area contributed by atoms with E-state index >= 15 is 0 Å². The van der Waals surface area contributed by atoms with Gasteiger partial charge in [-0.25, -0.2) is 0 Å². The highest BCUT2D eigenvalue weighted by Crippen LogP contribution is 2.21. The van der Waals surface area contributed by atoms with Crippen LogP contribution >= 0.6 is 12.6 Å². The van der Waals surface area contributed by atoms with Crippen molar-refractivity contribution in [2.24, 2.45) is 5.92 Å². The van der Waals surface area contributed by atoms with E-state index in [0.717, 1.165) is 11.7 Å². The first-order valence-electron chi connectivity index (χ1n) is 4.21. The predicted octanol–water partition coefficient (Wildman–Crippen LogP) is 3.05. The summed E-state index contributed by atoms with van der Waals surface area (Å²) in [5, 5.41) is 0. The van der Waals surface area contributed by atoms with Gasteiger partial charge < -0.3 is 0 Å². The zero-order valence-electron chi connectivity index (χ0n) is 6.42. The molecule has 0 N–H and O–H groups in total. The molecule has 0 aromatic carbocycles. The van der Waals surface area contributed by atoms with Crippen molar-refractivity contribution in [2.45, 2.75) is 32.1 Å². The van der Waals surface area contributed by atoms with Gasteiger partial charge >= 0.3 is 0 Å². The Kier molecular flexibility index (Phi) is 3.96. The standard InChI is InChI=1S/C9H16S/c10-8-4-7-9-5-2-1-3-6-9/h2,5,9-10H,1,3-4,6-8H2. The SMILES string of the molecule is SCCCC1C=CCCC1. The van der Waals surface area contributed by atoms with Gasteiger partial charge in [-0.15, -0.1) is 0 Å². The number of hydrogen-bond donors (Lipinski definition) is 1. The molecule has 0 fully saturated rings. The van der Waals surface area contributed by atoms with Crippen molar-refractivity contribution < 1.29 is 0 Å². The molecule has 0 saturated carbocycles. The minimum Gasteiger partial charge on any atom is -0.179 e. The maximum atomic E-state index is 4.20. The fraction of sp³-hybridized carbons (Fsp3) is 0.778. The third-order valence-electron chi connectivity index (χ3n) is 2.09. The van der Waals surface area contributed by atoms with Crippen molar-refractivity contribution in [3.05, 3.63) is 12.2 Å². The summed E-state index contributed by atoms with van der Waals surface area (Å²) in [6.45, 7) is 0. The zero-order chi connectivity index (χ0) is 7.23. The molecular formula is C9H16S. The molecule has 1 aliphatic carbocycles. The average Bonchev–Trinajstić information content (AvgIpc) is 2.03. The van der Waals surface area contributed by atoms with Gasteiger partial charge in [0.15, 0.2) is 0 Å². The monoisotopic (exact) mass is 156 g/mol. The van der Waals surface area contributed by atoms with Gasteiger partial charge in [-0.3, -0.25) is 0 Å². The van der Waals surface area contributed by atoms with Gasteiger partial charge in [0, 0.05) is 0 Å². The average molecular weight is 156 g/mol. The van der Waals surface area contributed by atoms with E-state index in [2.05, 4.69) is 24.8 Å². The van der Waals surface area contributed by atoms with Crippen LogP contribution in [0.3, 0.4) is 0 Å². The Morgan fingerprint density at radius 3 is 3.00 bits per heavy atom. The van der Waals surface area contributed by atoms with E-state index in [4.69, 9.17) is 0 Å². The smallest absolute Gasteiger partial charge is 0.00977 e. The topological polar surface area (TPSA) is 0 Å². The van der Waals surface area contributed by atoms with Crippen LogP contribution in [0.4, 0.5) is 0 Å². The van der Waals surface area contributed by atoms with E-state index in [9.17, 15) is 0 Å². The molecule has 0 radical (unpaired) electrons. The van der Waals surface area contributed by atoms with Gasteiger partial charge in [-0.1, -0.05) is 12.2 Å². The Bertz CT molecular complexity index is 107. The highest BCUT2D eigenvalue weighted by atomic mass is 32.1. The second-order valence-corrected chi connectivity index (χ2v) is 3.43. The van der Waals surface area contributed by atoms with E-state index < -0.39 is 0 Å². The van der Waals surface area contributed by atoms with Gasteiger partial charge in [0.05, 0.1) is 0 Å². The van der Waals surface area contributed by atoms with Crippen molar-refractivity contribution in [1.29, 1.82) is 0 Å². The number of rotatable bonds is 3. The summed E-state index contributed by atoms with van der Waals surface area (Å²) in [6.07, 6.45) is 11.4. The number of thiol groups is 1. The lowest BCUT2D eigenvalue weighted by Crippen LogP contribution is -2.00. The maximum Gasteiger partial charge on any atom is -0.00977 e. The van der Waals surface area contributed by atoms with Crippen molar-refractivity contribution >= 4 is 12.6 Å². The van der Waals surface area contributed by atoms with Crippen LogP contribution in [0.5, 0.6) is 0 Å². The molecule has 0 spiro atoms. The number of hydrogen-bond acceptors (Lipinski definition) is 1. The van der Waals surface area contributed by atoms with E-state index in [0.29, 0.717) is 0 Å². The Balaban J connectivity index is 2.13. The Morgan fingerprint density at radius 1 is 1.50 bits per heavy atom. The quantitative estimate of drug-likeness (QED) is 0.471. The molecule has 0 aromatic heterocycles. The van der Waals surface area contributed by atoms with Crippen molar-refractivity contribution in [1.82, 2.24) is 0 Å². The van der Waals surface area contributed by atoms with Gasteiger partial charge in [0.25, 0.3) is 0 Å². The van der Waals surface area contributed by atoms with E-state index in [1.165, 1.54) is 32.1 Å². The van der Waals surface area contributed by atoms with Gasteiger partial charge in [-0.2, -0.15) is 12.6 Å². The Morgan fingerprint density at radius 2 is 2.40 bits per heavy atom. The van der Waals surface area contributed by atoms with Crippen LogP contribution in [-0.2, 0) is 0 Å². The summed E-state index contributed by atoms with van der Waals surface area (Å²) in [4.78, 5) is 0. The van der Waals surface area contributed by atoms with Gasteiger partial charge in [-0.05, 0) is 43.8 Å². The van der Waals surface area contributed by atoms with Crippen LogP contribution in [-0.4, -0.2) is 5.75 Å². The molecule has 1 rings (SSSR count). The van der Waals surface area contributed by atoms with Crippen LogP contribution in [0.15, 0.2) is 12.2 Å². The highest BCUT2D eigenvalue weighted by molar-refractivity contribution is 7.80. The summed E-state index contributed by atoms with van der Waals surface area (Å²) in [7, 11) is 0. The largest absolute Gasteiger partial charge is 0.179 e. The van der Waals surface area contributed by atoms with Crippen LogP contribution < -0.4 is 0 Å². The first-order chi connectivity index (χ1) is 4.93. The molecule has 0 aromatic rings. The second-order valence-electron chi connectivity index (χ2n) is 2.98. The summed E-state index contributed by atoms with van der Waals surface area (Å²) in [6, 6.07) is 0. The molecule has 0 saturated heterocycles. The lowest BCUT2D eigenvalue weighted by molar-refractivity contribution is 0.502. The fourth-order valence-electron chi connectivity index (χ4n) is 1.48. The summed E-state index contributed by atoms with van der Waals surface area (Å²) < 4.78 is 0. The molecule has 1 heteroatoms. The lowest BCUT2D eigenvalue weighted by Gasteiger charge is -2.14. The third kappa shape index (κ3) is 2.78. The molecule has 0 bridgehead atoms. The van der Waals surface area contributed by atoms with Crippen LogP contribution in [0.2, 0.25) is 0 Å². The molecule has 1 aliphatic rings. The number of allylic oxidation sites excluding steroid dienone is 2. The van der Waals surface area contributed by atoms with Crippen LogP contribution in [0, 0.1) is 5.92 Å². The second kappa shape index (κ2) is 4.84. The molecule has 1 atom stereocenters. The van der Waals surface area contributed by atoms with Crippen molar-refractivity contribution in [2.75, 3.05) is 5.75 Å². The third-order valence-corrected chi connectivity index (χ3v) is 2.40. The van der Waals surface area contributed by atoms with E-state index in [1.54, 1.807) is 0 Å². The van der Waals surface area contributed by atoms with Crippen LogP contribution in [0.1, 0.15) is 32.1 Å². The lowest BCUT2D eigenvalue weighted by atomic mass is 9.92. The minimum atomic E-state index is 0.876. The predicted molar refractivity (Wildman–Crippen MR) is 49.6 cm³/mol. The van der Waals surface area contributed by atoms with E-state index in [1.807, 2.05) is 0 Å². The molecule has 0 aliphatic heterocycles. The molecule has 10 heavy (non-hydrogen) atoms. The highest BCUT2D eigenvalue weighted by Gasteiger charge is 2.06. The van der Waals surface area contributed by atoms with Crippen molar-refractivity contribution in [3.8, 4) is 0 Å². The van der Waals surface area contributed by atoms with Crippen LogP contribution in [0.25, 0.3) is 0 Å². The minimum absolute atomic E-state index is 0.876. The molecule has 0 nitrogen and oxygen atoms in total. The van der Waals surface area contributed by atoms with Crippen molar-refractivity contribution in [3.63, 3.8) is 0 Å². The van der Waals surface area contributed by atoms with E-state index in [-0.39, 0.29) is 0 Å². The summed E-state index contributed by atoms with van der Waals surface area (Å²) in [5.74, 6) is 1.92. The maximum absolute atomic E-state index is 4.20. The Labute approximate surface area is 69.1 Å². The molecular weight excluding hydrogens is 140 g/mol. The molecule has 1 unspecified atom stereocenters. The molecule has 58 valence electrons. The zero-order valence-corrected chi connectivity index (χ0v) is 7.32. The fourth-order valence-corrected chi connectivity index (χ4v) is 1.66. The first kappa shape index (κ1) is 8.19. The summed E-state index contributed by atoms with van der Waals surface area (Å²) in [5.41, 5.74) is 0. The molecule has 0 amide bonds. The normalized spacial score (nSPS) is 25.1.